The van der Waals surface area contributed by atoms with Gasteiger partial charge in [0.25, 0.3) is 5.91 Å². The molecule has 2 rings (SSSR count). The third-order valence-corrected chi connectivity index (χ3v) is 4.02. The number of anilines is 1. The van der Waals surface area contributed by atoms with Gasteiger partial charge in [-0.3, -0.25) is 4.79 Å². The molecule has 0 atom stereocenters. The van der Waals surface area contributed by atoms with E-state index in [-0.39, 0.29) is 12.5 Å². The minimum Gasteiger partial charge on any atom is -0.484 e. The van der Waals surface area contributed by atoms with E-state index >= 15 is 0 Å². The molecule has 0 radical (unpaired) electrons. The summed E-state index contributed by atoms with van der Waals surface area (Å²) in [6.07, 6.45) is 2.18. The van der Waals surface area contributed by atoms with Gasteiger partial charge in [0.15, 0.2) is 6.61 Å². The van der Waals surface area contributed by atoms with E-state index in [2.05, 4.69) is 44.3 Å². The molecule has 0 bridgehead atoms. The molecule has 128 valence electrons. The van der Waals surface area contributed by atoms with Crippen LogP contribution in [0.1, 0.15) is 49.8 Å². The Hall–Kier alpha value is -2.29. The van der Waals surface area contributed by atoms with Gasteiger partial charge in [-0.05, 0) is 48.1 Å². The molecule has 0 fully saturated rings. The average Bonchev–Trinajstić information content (AvgIpc) is 2.56. The van der Waals surface area contributed by atoms with Gasteiger partial charge >= 0.3 is 0 Å². The van der Waals surface area contributed by atoms with Crippen molar-refractivity contribution in [1.29, 1.82) is 0 Å². The molecule has 0 spiro atoms. The Bertz CT molecular complexity index is 675. The van der Waals surface area contributed by atoms with Crippen molar-refractivity contribution >= 4 is 11.6 Å². The van der Waals surface area contributed by atoms with Crippen LogP contribution < -0.4 is 10.1 Å². The number of aryl methyl sites for hydroxylation is 2. The standard InChI is InChI=1S/C21H27NO2/c1-5-7-17-10-12-18(13-11-17)24-14-20(23)22-21-16(4)8-6-9-19(21)15(2)3/h6,8-13,15H,5,7,14H2,1-4H3,(H,22,23). The number of hydrogen-bond acceptors (Lipinski definition) is 2. The van der Waals surface area contributed by atoms with Gasteiger partial charge in [-0.25, -0.2) is 0 Å². The lowest BCUT2D eigenvalue weighted by Crippen LogP contribution is -2.21. The van der Waals surface area contributed by atoms with Crippen molar-refractivity contribution in [1.82, 2.24) is 0 Å². The number of nitrogens with one attached hydrogen (secondary N) is 1. The van der Waals surface area contributed by atoms with Gasteiger partial charge in [0.2, 0.25) is 0 Å². The van der Waals surface area contributed by atoms with Crippen LogP contribution in [-0.2, 0) is 11.2 Å². The van der Waals surface area contributed by atoms with Crippen molar-refractivity contribution in [2.75, 3.05) is 11.9 Å². The van der Waals surface area contributed by atoms with Crippen LogP contribution in [0.5, 0.6) is 5.75 Å². The zero-order chi connectivity index (χ0) is 17.5. The molecule has 2 aromatic rings. The summed E-state index contributed by atoms with van der Waals surface area (Å²) in [5, 5.41) is 3.00. The molecule has 1 N–H and O–H groups in total. The van der Waals surface area contributed by atoms with Crippen LogP contribution in [0, 0.1) is 6.92 Å². The van der Waals surface area contributed by atoms with Crippen molar-refractivity contribution in [3.05, 3.63) is 59.2 Å². The molecule has 0 aliphatic carbocycles. The normalized spacial score (nSPS) is 10.7. The Morgan fingerprint density at radius 3 is 2.46 bits per heavy atom. The number of amides is 1. The van der Waals surface area contributed by atoms with E-state index in [1.165, 1.54) is 5.56 Å². The van der Waals surface area contributed by atoms with Crippen molar-refractivity contribution in [2.24, 2.45) is 0 Å². The summed E-state index contributed by atoms with van der Waals surface area (Å²) in [4.78, 5) is 12.2. The summed E-state index contributed by atoms with van der Waals surface area (Å²) in [6.45, 7) is 8.43. The first kappa shape index (κ1) is 18.1. The Morgan fingerprint density at radius 1 is 1.12 bits per heavy atom. The number of ether oxygens (including phenoxy) is 1. The highest BCUT2D eigenvalue weighted by atomic mass is 16.5. The van der Waals surface area contributed by atoms with Crippen LogP contribution >= 0.6 is 0 Å². The largest absolute Gasteiger partial charge is 0.484 e. The summed E-state index contributed by atoms with van der Waals surface area (Å²) in [7, 11) is 0. The smallest absolute Gasteiger partial charge is 0.262 e. The van der Waals surface area contributed by atoms with Crippen LogP contribution in [-0.4, -0.2) is 12.5 Å². The third kappa shape index (κ3) is 4.85. The Labute approximate surface area is 145 Å². The molecular formula is C21H27NO2. The van der Waals surface area contributed by atoms with E-state index in [1.807, 2.05) is 31.2 Å². The summed E-state index contributed by atoms with van der Waals surface area (Å²) in [5.41, 5.74) is 4.40. The molecule has 0 aliphatic rings. The van der Waals surface area contributed by atoms with Crippen LogP contribution in [0.4, 0.5) is 5.69 Å². The molecule has 3 nitrogen and oxygen atoms in total. The van der Waals surface area contributed by atoms with Crippen molar-refractivity contribution in [3.8, 4) is 5.75 Å². The summed E-state index contributed by atoms with van der Waals surface area (Å²) in [5.74, 6) is 0.940. The van der Waals surface area contributed by atoms with Crippen molar-refractivity contribution in [2.45, 2.75) is 46.5 Å². The first-order chi connectivity index (χ1) is 11.5. The zero-order valence-electron chi connectivity index (χ0n) is 15.1. The lowest BCUT2D eigenvalue weighted by Gasteiger charge is -2.16. The quantitative estimate of drug-likeness (QED) is 0.770. The monoisotopic (exact) mass is 325 g/mol. The zero-order valence-corrected chi connectivity index (χ0v) is 15.1. The number of para-hydroxylation sites is 1. The van der Waals surface area contributed by atoms with Crippen LogP contribution in [0.25, 0.3) is 0 Å². The fraction of sp³-hybridized carbons (Fsp3) is 0.381. The van der Waals surface area contributed by atoms with Gasteiger partial charge in [0.05, 0.1) is 0 Å². The third-order valence-electron chi connectivity index (χ3n) is 4.02. The van der Waals surface area contributed by atoms with E-state index in [1.54, 1.807) is 0 Å². The fourth-order valence-corrected chi connectivity index (χ4v) is 2.71. The van der Waals surface area contributed by atoms with Gasteiger partial charge in [-0.1, -0.05) is 57.5 Å². The number of carbonyl (C=O) groups is 1. The molecule has 24 heavy (non-hydrogen) atoms. The predicted molar refractivity (Wildman–Crippen MR) is 99.8 cm³/mol. The molecule has 1 amide bonds. The van der Waals surface area contributed by atoms with Gasteiger partial charge in [-0.15, -0.1) is 0 Å². The fourth-order valence-electron chi connectivity index (χ4n) is 2.71. The first-order valence-electron chi connectivity index (χ1n) is 8.62. The minimum absolute atomic E-state index is 0.0129. The second-order valence-electron chi connectivity index (χ2n) is 6.42. The van der Waals surface area contributed by atoms with E-state index in [9.17, 15) is 4.79 Å². The van der Waals surface area contributed by atoms with E-state index in [0.29, 0.717) is 5.92 Å². The highest BCUT2D eigenvalue weighted by Crippen LogP contribution is 2.27. The maximum atomic E-state index is 12.2. The Balaban J connectivity index is 1.96. The second kappa shape index (κ2) is 8.53. The topological polar surface area (TPSA) is 38.3 Å². The predicted octanol–water partition coefficient (Wildman–Crippen LogP) is 5.09. The van der Waals surface area contributed by atoms with E-state index < -0.39 is 0 Å². The molecule has 0 saturated carbocycles. The number of carbonyl (C=O) groups excluding carboxylic acids is 1. The molecule has 0 aromatic heterocycles. The van der Waals surface area contributed by atoms with Crippen molar-refractivity contribution < 1.29 is 9.53 Å². The lowest BCUT2D eigenvalue weighted by atomic mass is 9.98. The lowest BCUT2D eigenvalue weighted by molar-refractivity contribution is -0.118. The number of benzene rings is 2. The Morgan fingerprint density at radius 2 is 1.83 bits per heavy atom. The van der Waals surface area contributed by atoms with Gasteiger partial charge in [-0.2, -0.15) is 0 Å². The number of rotatable bonds is 7. The maximum Gasteiger partial charge on any atom is 0.262 e. The molecule has 0 heterocycles. The second-order valence-corrected chi connectivity index (χ2v) is 6.42. The molecule has 3 heteroatoms. The van der Waals surface area contributed by atoms with Crippen LogP contribution in [0.3, 0.4) is 0 Å². The summed E-state index contributed by atoms with van der Waals surface area (Å²) < 4.78 is 5.60. The van der Waals surface area contributed by atoms with Gasteiger partial charge in [0, 0.05) is 5.69 Å². The SMILES string of the molecule is CCCc1ccc(OCC(=O)Nc2c(C)cccc2C(C)C)cc1. The molecule has 0 saturated heterocycles. The number of hydrogen-bond donors (Lipinski definition) is 1. The average molecular weight is 325 g/mol. The molecular weight excluding hydrogens is 298 g/mol. The van der Waals surface area contributed by atoms with E-state index in [0.717, 1.165) is 35.4 Å². The summed E-state index contributed by atoms with van der Waals surface area (Å²) >= 11 is 0. The van der Waals surface area contributed by atoms with Gasteiger partial charge in [0.1, 0.15) is 5.75 Å². The minimum atomic E-state index is -0.135. The first-order valence-corrected chi connectivity index (χ1v) is 8.62. The van der Waals surface area contributed by atoms with Crippen molar-refractivity contribution in [3.63, 3.8) is 0 Å². The van der Waals surface area contributed by atoms with E-state index in [4.69, 9.17) is 4.74 Å². The molecule has 0 aliphatic heterocycles. The highest BCUT2D eigenvalue weighted by molar-refractivity contribution is 5.93. The molecule has 2 aromatic carbocycles. The Kier molecular flexibility index (Phi) is 6.42. The highest BCUT2D eigenvalue weighted by Gasteiger charge is 2.12. The summed E-state index contributed by atoms with van der Waals surface area (Å²) in [6, 6.07) is 14.0. The molecule has 0 unspecified atom stereocenters. The van der Waals surface area contributed by atoms with Gasteiger partial charge < -0.3 is 10.1 Å². The van der Waals surface area contributed by atoms with Crippen LogP contribution in [0.15, 0.2) is 42.5 Å². The van der Waals surface area contributed by atoms with Crippen LogP contribution in [0.2, 0.25) is 0 Å². The maximum absolute atomic E-state index is 12.2.